The molecule has 148 valence electrons. The Morgan fingerprint density at radius 2 is 1.89 bits per heavy atom. The van der Waals surface area contributed by atoms with E-state index in [4.69, 9.17) is 10.8 Å². The fourth-order valence-corrected chi connectivity index (χ4v) is 3.91. The lowest BCUT2D eigenvalue weighted by Crippen LogP contribution is -2.25. The van der Waals surface area contributed by atoms with E-state index >= 15 is 0 Å². The number of carbonyl (C=O) groups excluding carboxylic acids is 1. The number of amides is 1. The Kier molecular flexibility index (Phi) is 7.39. The molecule has 0 atom stereocenters. The van der Waals surface area contributed by atoms with Gasteiger partial charge in [0.1, 0.15) is 5.69 Å². The number of hydrogen-bond donors (Lipinski definition) is 1. The molecule has 3 aromatic rings. The van der Waals surface area contributed by atoms with E-state index in [9.17, 15) is 4.79 Å². The number of carbonyl (C=O) groups is 1. The van der Waals surface area contributed by atoms with E-state index in [2.05, 4.69) is 11.4 Å². The molecule has 0 aliphatic heterocycles. The molecule has 0 saturated heterocycles. The minimum atomic E-state index is 0.178. The van der Waals surface area contributed by atoms with Gasteiger partial charge in [0, 0.05) is 31.8 Å². The van der Waals surface area contributed by atoms with Crippen LogP contribution in [0.2, 0.25) is 0 Å². The zero-order valence-electron chi connectivity index (χ0n) is 16.4. The fraction of sp³-hybridized carbons (Fsp3) is 0.364. The summed E-state index contributed by atoms with van der Waals surface area (Å²) in [5, 5.41) is 6.86. The summed E-state index contributed by atoms with van der Waals surface area (Å²) in [5.74, 6) is 0.178. The van der Waals surface area contributed by atoms with Crippen LogP contribution in [0.5, 0.6) is 0 Å². The van der Waals surface area contributed by atoms with E-state index in [1.54, 1.807) is 11.3 Å². The van der Waals surface area contributed by atoms with Crippen LogP contribution in [0.3, 0.4) is 0 Å². The van der Waals surface area contributed by atoms with Crippen LogP contribution in [-0.2, 0) is 11.3 Å². The number of rotatable bonds is 10. The largest absolute Gasteiger partial charge is 0.341 e. The van der Waals surface area contributed by atoms with Crippen LogP contribution in [0.4, 0.5) is 0 Å². The highest BCUT2D eigenvalue weighted by atomic mass is 32.1. The highest BCUT2D eigenvalue weighted by Gasteiger charge is 2.17. The number of thiophene rings is 1. The van der Waals surface area contributed by atoms with Gasteiger partial charge in [-0.05, 0) is 43.0 Å². The molecule has 1 aromatic carbocycles. The standard InChI is InChI=1S/C22H28N4OS/c1-25(21(27)13-7-2-3-8-14-23)16-18-17-26(19-10-5-4-6-11-19)24-22(18)20-12-9-15-28-20/h4-6,9-12,15,17H,2-3,7-8,13-14,16,23H2,1H3. The molecule has 0 fully saturated rings. The van der Waals surface area contributed by atoms with Gasteiger partial charge < -0.3 is 10.6 Å². The van der Waals surface area contributed by atoms with E-state index in [-0.39, 0.29) is 5.91 Å². The number of nitrogens with two attached hydrogens (primary N) is 1. The maximum atomic E-state index is 12.5. The van der Waals surface area contributed by atoms with Crippen LogP contribution in [0.25, 0.3) is 16.3 Å². The van der Waals surface area contributed by atoms with E-state index in [0.29, 0.717) is 13.0 Å². The number of benzene rings is 1. The second-order valence-electron chi connectivity index (χ2n) is 6.96. The monoisotopic (exact) mass is 396 g/mol. The van der Waals surface area contributed by atoms with Gasteiger partial charge in [-0.3, -0.25) is 4.79 Å². The minimum Gasteiger partial charge on any atom is -0.341 e. The molecule has 0 spiro atoms. The van der Waals surface area contributed by atoms with Gasteiger partial charge in [-0.15, -0.1) is 11.3 Å². The minimum absolute atomic E-state index is 0.178. The molecule has 2 aromatic heterocycles. The van der Waals surface area contributed by atoms with Crippen LogP contribution >= 0.6 is 11.3 Å². The zero-order valence-corrected chi connectivity index (χ0v) is 17.2. The quantitative estimate of drug-likeness (QED) is 0.514. The van der Waals surface area contributed by atoms with Gasteiger partial charge in [0.15, 0.2) is 0 Å². The van der Waals surface area contributed by atoms with Gasteiger partial charge in [-0.1, -0.05) is 37.1 Å². The van der Waals surface area contributed by atoms with Crippen molar-refractivity contribution in [3.05, 3.63) is 59.6 Å². The molecule has 0 radical (unpaired) electrons. The van der Waals surface area contributed by atoms with Crippen molar-refractivity contribution >= 4 is 17.2 Å². The van der Waals surface area contributed by atoms with Crippen molar-refractivity contribution in [3.8, 4) is 16.3 Å². The van der Waals surface area contributed by atoms with Crippen molar-refractivity contribution in [2.75, 3.05) is 13.6 Å². The molecular weight excluding hydrogens is 368 g/mol. The van der Waals surface area contributed by atoms with Gasteiger partial charge in [0.25, 0.3) is 0 Å². The third-order valence-electron chi connectivity index (χ3n) is 4.74. The number of unbranched alkanes of at least 4 members (excludes halogenated alkanes) is 3. The highest BCUT2D eigenvalue weighted by molar-refractivity contribution is 7.13. The van der Waals surface area contributed by atoms with Crippen molar-refractivity contribution in [3.63, 3.8) is 0 Å². The topological polar surface area (TPSA) is 64.2 Å². The van der Waals surface area contributed by atoms with Gasteiger partial charge >= 0.3 is 0 Å². The second-order valence-corrected chi connectivity index (χ2v) is 7.91. The molecule has 1 amide bonds. The van der Waals surface area contributed by atoms with E-state index < -0.39 is 0 Å². The molecule has 0 unspecified atom stereocenters. The molecule has 0 aliphatic rings. The first-order chi connectivity index (χ1) is 13.7. The Bertz CT molecular complexity index is 858. The molecule has 0 bridgehead atoms. The number of para-hydroxylation sites is 1. The van der Waals surface area contributed by atoms with E-state index in [0.717, 1.165) is 54.0 Å². The summed E-state index contributed by atoms with van der Waals surface area (Å²) in [6.45, 7) is 1.28. The Labute approximate surface area is 170 Å². The summed E-state index contributed by atoms with van der Waals surface area (Å²) in [6, 6.07) is 14.2. The average molecular weight is 397 g/mol. The zero-order chi connectivity index (χ0) is 19.8. The third-order valence-corrected chi connectivity index (χ3v) is 5.62. The third kappa shape index (κ3) is 5.30. The summed E-state index contributed by atoms with van der Waals surface area (Å²) >= 11 is 1.67. The first-order valence-electron chi connectivity index (χ1n) is 9.81. The van der Waals surface area contributed by atoms with Gasteiger partial charge in [-0.25, -0.2) is 4.68 Å². The number of hydrogen-bond acceptors (Lipinski definition) is 4. The normalized spacial score (nSPS) is 10.9. The van der Waals surface area contributed by atoms with Crippen LogP contribution < -0.4 is 5.73 Å². The molecule has 6 heteroatoms. The van der Waals surface area contributed by atoms with Crippen LogP contribution in [0.1, 0.15) is 37.7 Å². The van der Waals surface area contributed by atoms with Gasteiger partial charge in [-0.2, -0.15) is 5.10 Å². The molecule has 2 N–H and O–H groups in total. The van der Waals surface area contributed by atoms with Gasteiger partial charge in [0.2, 0.25) is 5.91 Å². The van der Waals surface area contributed by atoms with E-state index in [1.807, 2.05) is 59.2 Å². The summed E-state index contributed by atoms with van der Waals surface area (Å²) < 4.78 is 1.90. The second kappa shape index (κ2) is 10.2. The first-order valence-corrected chi connectivity index (χ1v) is 10.7. The first kappa shape index (κ1) is 20.3. The van der Waals surface area contributed by atoms with Crippen LogP contribution in [-0.4, -0.2) is 34.2 Å². The molecule has 2 heterocycles. The molecular formula is C22H28N4OS. The maximum Gasteiger partial charge on any atom is 0.222 e. The summed E-state index contributed by atoms with van der Waals surface area (Å²) in [5.41, 5.74) is 8.54. The Morgan fingerprint density at radius 1 is 1.11 bits per heavy atom. The molecule has 0 saturated carbocycles. The number of aromatic nitrogens is 2. The summed E-state index contributed by atoms with van der Waals surface area (Å²) in [6.07, 6.45) is 6.73. The van der Waals surface area contributed by atoms with E-state index in [1.165, 1.54) is 0 Å². The van der Waals surface area contributed by atoms with Crippen molar-refractivity contribution in [1.29, 1.82) is 0 Å². The average Bonchev–Trinajstić information content (AvgIpc) is 3.38. The maximum absolute atomic E-state index is 12.5. The lowest BCUT2D eigenvalue weighted by atomic mass is 10.1. The molecule has 28 heavy (non-hydrogen) atoms. The predicted octanol–water partition coefficient (Wildman–Crippen LogP) is 4.47. The van der Waals surface area contributed by atoms with Crippen molar-refractivity contribution < 1.29 is 4.79 Å². The summed E-state index contributed by atoms with van der Waals surface area (Å²) in [7, 11) is 1.88. The highest BCUT2D eigenvalue weighted by Crippen LogP contribution is 2.28. The smallest absolute Gasteiger partial charge is 0.222 e. The Balaban J connectivity index is 1.71. The van der Waals surface area contributed by atoms with Crippen molar-refractivity contribution in [2.45, 2.75) is 38.6 Å². The number of nitrogens with zero attached hydrogens (tertiary/aromatic N) is 3. The van der Waals surface area contributed by atoms with Crippen LogP contribution in [0, 0.1) is 0 Å². The molecule has 5 nitrogen and oxygen atoms in total. The van der Waals surface area contributed by atoms with Gasteiger partial charge in [0.05, 0.1) is 10.6 Å². The summed E-state index contributed by atoms with van der Waals surface area (Å²) in [4.78, 5) is 15.5. The van der Waals surface area contributed by atoms with Crippen LogP contribution in [0.15, 0.2) is 54.0 Å². The Hall–Kier alpha value is -2.44. The van der Waals surface area contributed by atoms with Crippen molar-refractivity contribution in [2.24, 2.45) is 5.73 Å². The predicted molar refractivity (Wildman–Crippen MR) is 115 cm³/mol. The SMILES string of the molecule is CN(Cc1cn(-c2ccccc2)nc1-c1cccs1)C(=O)CCCCCCN. The lowest BCUT2D eigenvalue weighted by Gasteiger charge is -2.17. The Morgan fingerprint density at radius 3 is 2.61 bits per heavy atom. The van der Waals surface area contributed by atoms with Crippen molar-refractivity contribution in [1.82, 2.24) is 14.7 Å². The molecule has 3 rings (SSSR count). The molecule has 0 aliphatic carbocycles. The lowest BCUT2D eigenvalue weighted by molar-refractivity contribution is -0.130. The fourth-order valence-electron chi connectivity index (χ4n) is 3.17.